The predicted octanol–water partition coefficient (Wildman–Crippen LogP) is 1.26. The molecule has 1 atom stereocenters. The van der Waals surface area contributed by atoms with Gasteiger partial charge in [-0.3, -0.25) is 0 Å². The Morgan fingerprint density at radius 3 is 2.85 bits per heavy atom. The van der Waals surface area contributed by atoms with Crippen LogP contribution in [0.2, 0.25) is 0 Å². The van der Waals surface area contributed by atoms with Gasteiger partial charge in [0.1, 0.15) is 17.6 Å². The lowest BCUT2D eigenvalue weighted by molar-refractivity contribution is 0.253. The minimum atomic E-state index is -0.689. The fourth-order valence-electron chi connectivity index (χ4n) is 0.844. The summed E-state index contributed by atoms with van der Waals surface area (Å²) in [6.07, 6.45) is 0.422. The second-order valence-electron chi connectivity index (χ2n) is 2.76. The topological polar surface area (TPSA) is 33.1 Å². The first kappa shape index (κ1) is 9.69. The van der Waals surface area contributed by atoms with Gasteiger partial charge in [0.15, 0.2) is 0 Å². The first-order valence-corrected chi connectivity index (χ1v) is 3.91. The summed E-state index contributed by atoms with van der Waals surface area (Å²) >= 11 is 0. The van der Waals surface area contributed by atoms with Gasteiger partial charge in [-0.15, -0.1) is 0 Å². The summed E-state index contributed by atoms with van der Waals surface area (Å²) < 4.78 is 12.6. The molecule has 1 aromatic heterocycles. The molecule has 0 saturated heterocycles. The van der Waals surface area contributed by atoms with Crippen LogP contribution in [0.5, 0.6) is 0 Å². The Morgan fingerprint density at radius 1 is 1.62 bits per heavy atom. The van der Waals surface area contributed by atoms with Crippen molar-refractivity contribution in [2.75, 3.05) is 0 Å². The van der Waals surface area contributed by atoms with Crippen molar-refractivity contribution in [3.63, 3.8) is 0 Å². The zero-order valence-electron chi connectivity index (χ0n) is 7.50. The van der Waals surface area contributed by atoms with Crippen LogP contribution in [-0.4, -0.2) is 16.2 Å². The number of nitrogens with zero attached hydrogens (tertiary/aromatic N) is 1. The van der Waals surface area contributed by atoms with Crippen LogP contribution < -0.4 is 0 Å². The molecule has 0 radical (unpaired) electrons. The maximum atomic E-state index is 12.6. The smallest absolute Gasteiger partial charge is 0.141 e. The second kappa shape index (κ2) is 4.01. The average molecular weight is 179 g/mol. The van der Waals surface area contributed by atoms with E-state index >= 15 is 0 Å². The van der Waals surface area contributed by atoms with Gasteiger partial charge in [-0.25, -0.2) is 9.37 Å². The Labute approximate surface area is 76.4 Å². The molecule has 1 rings (SSSR count). The van der Waals surface area contributed by atoms with Crippen LogP contribution in [0, 0.1) is 24.6 Å². The Kier molecular flexibility index (Phi) is 2.99. The number of rotatable bonds is 0. The summed E-state index contributed by atoms with van der Waals surface area (Å²) in [5.41, 5.74) is 1.18. The van der Waals surface area contributed by atoms with Crippen LogP contribution in [0.3, 0.4) is 0 Å². The number of hydrogen-bond donors (Lipinski definition) is 1. The first-order valence-electron chi connectivity index (χ1n) is 3.91. The molecule has 0 bridgehead atoms. The first-order chi connectivity index (χ1) is 6.09. The van der Waals surface area contributed by atoms with Crippen molar-refractivity contribution in [2.24, 2.45) is 0 Å². The van der Waals surface area contributed by atoms with Crippen LogP contribution >= 0.6 is 0 Å². The highest BCUT2D eigenvalue weighted by Gasteiger charge is 1.97. The van der Waals surface area contributed by atoms with Crippen molar-refractivity contribution in [2.45, 2.75) is 20.0 Å². The molecule has 0 amide bonds. The van der Waals surface area contributed by atoms with E-state index in [1.165, 1.54) is 6.07 Å². The predicted molar refractivity (Wildman–Crippen MR) is 47.5 cm³/mol. The van der Waals surface area contributed by atoms with Crippen LogP contribution in [-0.2, 0) is 0 Å². The third-order valence-electron chi connectivity index (χ3n) is 1.44. The molecule has 2 nitrogen and oxygen atoms in total. The van der Waals surface area contributed by atoms with Crippen molar-refractivity contribution < 1.29 is 9.50 Å². The Bertz CT molecular complexity index is 363. The van der Waals surface area contributed by atoms with Crippen LogP contribution in [0.25, 0.3) is 0 Å². The number of pyridine rings is 1. The van der Waals surface area contributed by atoms with E-state index in [-0.39, 0.29) is 5.82 Å². The zero-order chi connectivity index (χ0) is 9.84. The number of aliphatic hydroxyl groups excluding tert-OH is 1. The molecule has 0 fully saturated rings. The van der Waals surface area contributed by atoms with Crippen molar-refractivity contribution in [1.29, 1.82) is 0 Å². The molecular weight excluding hydrogens is 169 g/mol. The molecule has 0 aliphatic rings. The highest BCUT2D eigenvalue weighted by Crippen LogP contribution is 2.04. The third kappa shape index (κ3) is 2.85. The fourth-order valence-corrected chi connectivity index (χ4v) is 0.844. The molecule has 68 valence electrons. The lowest BCUT2D eigenvalue weighted by Gasteiger charge is -1.96. The Hall–Kier alpha value is -1.40. The molecule has 1 heterocycles. The van der Waals surface area contributed by atoms with Gasteiger partial charge in [-0.2, -0.15) is 0 Å². The molecule has 1 N–H and O–H groups in total. The van der Waals surface area contributed by atoms with Crippen molar-refractivity contribution >= 4 is 0 Å². The van der Waals surface area contributed by atoms with Gasteiger partial charge < -0.3 is 5.11 Å². The largest absolute Gasteiger partial charge is 0.381 e. The summed E-state index contributed by atoms with van der Waals surface area (Å²) in [5.74, 6) is 4.83. The van der Waals surface area contributed by atoms with E-state index < -0.39 is 6.10 Å². The quantitative estimate of drug-likeness (QED) is 0.608. The molecule has 0 aliphatic heterocycles. The van der Waals surface area contributed by atoms with Crippen molar-refractivity contribution in [1.82, 2.24) is 4.98 Å². The van der Waals surface area contributed by atoms with Gasteiger partial charge in [0, 0.05) is 0 Å². The maximum Gasteiger partial charge on any atom is 0.141 e. The van der Waals surface area contributed by atoms with Crippen molar-refractivity contribution in [3.8, 4) is 11.8 Å². The number of aliphatic hydroxyl groups is 1. The molecule has 0 spiro atoms. The number of aryl methyl sites for hydroxylation is 1. The monoisotopic (exact) mass is 179 g/mol. The summed E-state index contributed by atoms with van der Waals surface area (Å²) in [5, 5.41) is 8.88. The maximum absolute atomic E-state index is 12.6. The van der Waals surface area contributed by atoms with Gasteiger partial charge in [0.05, 0.1) is 6.20 Å². The van der Waals surface area contributed by atoms with E-state index in [0.29, 0.717) is 11.3 Å². The molecular formula is C10H10FNO. The van der Waals surface area contributed by atoms with Gasteiger partial charge >= 0.3 is 0 Å². The minimum Gasteiger partial charge on any atom is -0.381 e. The summed E-state index contributed by atoms with van der Waals surface area (Å²) in [4.78, 5) is 3.79. The molecule has 0 aliphatic carbocycles. The van der Waals surface area contributed by atoms with Crippen LogP contribution in [0.4, 0.5) is 4.39 Å². The average Bonchev–Trinajstić information content (AvgIpc) is 2.02. The number of aromatic nitrogens is 1. The number of halogens is 1. The Balaban J connectivity index is 2.98. The van der Waals surface area contributed by atoms with E-state index in [1.54, 1.807) is 13.8 Å². The second-order valence-corrected chi connectivity index (χ2v) is 2.76. The molecule has 1 aromatic rings. The van der Waals surface area contributed by atoms with E-state index in [0.717, 1.165) is 6.20 Å². The van der Waals surface area contributed by atoms with E-state index in [2.05, 4.69) is 16.8 Å². The standard InChI is InChI=1S/C10H10FNO/c1-7-5-9(11)6-12-10(7)4-3-8(2)13/h5-6,8,13H,1-2H3/t8-/m0/s1. The van der Waals surface area contributed by atoms with Gasteiger partial charge in [-0.1, -0.05) is 5.92 Å². The molecule has 13 heavy (non-hydrogen) atoms. The normalized spacial score (nSPS) is 11.7. The van der Waals surface area contributed by atoms with Gasteiger partial charge in [0.2, 0.25) is 0 Å². The minimum absolute atomic E-state index is 0.375. The van der Waals surface area contributed by atoms with Crippen molar-refractivity contribution in [3.05, 3.63) is 29.3 Å². The number of hydrogen-bond acceptors (Lipinski definition) is 2. The van der Waals surface area contributed by atoms with Crippen LogP contribution in [0.1, 0.15) is 18.2 Å². The van der Waals surface area contributed by atoms with Gasteiger partial charge in [-0.05, 0) is 31.4 Å². The third-order valence-corrected chi connectivity index (χ3v) is 1.44. The SMILES string of the molecule is Cc1cc(F)cnc1C#C[C@H](C)O. The molecule has 3 heteroatoms. The summed E-state index contributed by atoms with van der Waals surface area (Å²) in [6.45, 7) is 3.29. The summed E-state index contributed by atoms with van der Waals surface area (Å²) in [7, 11) is 0. The Morgan fingerprint density at radius 2 is 2.31 bits per heavy atom. The van der Waals surface area contributed by atoms with Crippen LogP contribution in [0.15, 0.2) is 12.3 Å². The van der Waals surface area contributed by atoms with E-state index in [4.69, 9.17) is 5.11 Å². The highest BCUT2D eigenvalue weighted by atomic mass is 19.1. The van der Waals surface area contributed by atoms with Gasteiger partial charge in [0.25, 0.3) is 0 Å². The molecule has 0 saturated carbocycles. The molecule has 0 aromatic carbocycles. The molecule has 0 unspecified atom stereocenters. The highest BCUT2D eigenvalue weighted by molar-refractivity contribution is 5.35. The summed E-state index contributed by atoms with van der Waals surface area (Å²) in [6, 6.07) is 1.36. The lowest BCUT2D eigenvalue weighted by atomic mass is 10.2. The van der Waals surface area contributed by atoms with E-state index in [1.807, 2.05) is 0 Å². The fraction of sp³-hybridized carbons (Fsp3) is 0.300. The zero-order valence-corrected chi connectivity index (χ0v) is 7.50. The lowest BCUT2D eigenvalue weighted by Crippen LogP contribution is -1.95. The van der Waals surface area contributed by atoms with E-state index in [9.17, 15) is 4.39 Å².